The average Bonchev–Trinajstić information content (AvgIpc) is 3.04. The van der Waals surface area contributed by atoms with Crippen LogP contribution in [0.25, 0.3) is 16.5 Å². The first-order valence-corrected chi connectivity index (χ1v) is 8.46. The quantitative estimate of drug-likeness (QED) is 0.403. The number of ketones is 1. The molecule has 0 radical (unpaired) electrons. The van der Waals surface area contributed by atoms with E-state index in [1.54, 1.807) is 6.08 Å². The molecule has 108 valence electrons. The number of carbonyl (C=O) groups is 1. The van der Waals surface area contributed by atoms with Gasteiger partial charge >= 0.3 is 0 Å². The Labute approximate surface area is 142 Å². The molecule has 0 aliphatic heterocycles. The molecule has 3 rings (SSSR count). The molecule has 0 atom stereocenters. The predicted molar refractivity (Wildman–Crippen MR) is 97.3 cm³/mol. The third-order valence-corrected chi connectivity index (χ3v) is 4.88. The van der Waals surface area contributed by atoms with Crippen LogP contribution in [-0.4, -0.2) is 5.78 Å². The molecule has 22 heavy (non-hydrogen) atoms. The predicted octanol–water partition coefficient (Wildman–Crippen LogP) is 6.07. The maximum atomic E-state index is 12.2. The average molecular weight is 369 g/mol. The summed E-state index contributed by atoms with van der Waals surface area (Å²) in [5.74, 6) is 0.0391. The van der Waals surface area contributed by atoms with Crippen molar-refractivity contribution in [3.8, 4) is 10.4 Å². The number of allylic oxidation sites excluding steroid dienone is 1. The summed E-state index contributed by atoms with van der Waals surface area (Å²) in [6.45, 7) is 0. The molecule has 0 spiro atoms. The van der Waals surface area contributed by atoms with Crippen molar-refractivity contribution in [1.82, 2.24) is 0 Å². The van der Waals surface area contributed by atoms with E-state index in [4.69, 9.17) is 0 Å². The molecule has 1 nitrogen and oxygen atoms in total. The zero-order chi connectivity index (χ0) is 15.4. The van der Waals surface area contributed by atoms with Gasteiger partial charge in [-0.1, -0.05) is 64.5 Å². The topological polar surface area (TPSA) is 17.1 Å². The second kappa shape index (κ2) is 6.86. The van der Waals surface area contributed by atoms with Gasteiger partial charge in [0.25, 0.3) is 0 Å². The van der Waals surface area contributed by atoms with Gasteiger partial charge in [0.15, 0.2) is 5.78 Å². The first-order valence-electron chi connectivity index (χ1n) is 6.85. The van der Waals surface area contributed by atoms with E-state index in [0.29, 0.717) is 0 Å². The largest absolute Gasteiger partial charge is 0.288 e. The summed E-state index contributed by atoms with van der Waals surface area (Å²) in [5.41, 5.74) is 2.15. The van der Waals surface area contributed by atoms with E-state index in [9.17, 15) is 4.79 Å². The summed E-state index contributed by atoms with van der Waals surface area (Å²) in [7, 11) is 0. The highest BCUT2D eigenvalue weighted by Gasteiger charge is 2.07. The lowest BCUT2D eigenvalue weighted by Crippen LogP contribution is -1.88. The zero-order valence-corrected chi connectivity index (χ0v) is 14.1. The van der Waals surface area contributed by atoms with Crippen LogP contribution in [0.4, 0.5) is 0 Å². The minimum atomic E-state index is 0.0391. The molecule has 0 saturated carbocycles. The second-order valence-corrected chi connectivity index (χ2v) is 6.78. The first kappa shape index (κ1) is 14.9. The SMILES string of the molecule is O=C(C=Cc1ccccc1)c1ccc(-c2ccc(Br)cc2)s1. The van der Waals surface area contributed by atoms with Gasteiger partial charge in [0.05, 0.1) is 4.88 Å². The molecular formula is C19H13BrOS. The van der Waals surface area contributed by atoms with Gasteiger partial charge in [-0.25, -0.2) is 0 Å². The van der Waals surface area contributed by atoms with Crippen molar-refractivity contribution in [2.45, 2.75) is 0 Å². The van der Waals surface area contributed by atoms with Gasteiger partial charge in [-0.3, -0.25) is 4.79 Å². The van der Waals surface area contributed by atoms with Gasteiger partial charge in [-0.15, -0.1) is 11.3 Å². The van der Waals surface area contributed by atoms with Gasteiger partial charge in [0.1, 0.15) is 0 Å². The lowest BCUT2D eigenvalue weighted by atomic mass is 10.2. The normalized spacial score (nSPS) is 11.0. The third kappa shape index (κ3) is 3.62. The molecule has 2 aromatic carbocycles. The summed E-state index contributed by atoms with van der Waals surface area (Å²) in [6.07, 6.45) is 3.48. The van der Waals surface area contributed by atoms with Crippen molar-refractivity contribution in [2.75, 3.05) is 0 Å². The van der Waals surface area contributed by atoms with E-state index in [1.165, 1.54) is 11.3 Å². The summed E-state index contributed by atoms with van der Waals surface area (Å²) < 4.78 is 1.05. The molecule has 0 fully saturated rings. The Morgan fingerprint density at radius 2 is 1.64 bits per heavy atom. The van der Waals surface area contributed by atoms with Gasteiger partial charge in [0, 0.05) is 9.35 Å². The van der Waals surface area contributed by atoms with Gasteiger partial charge in [-0.2, -0.15) is 0 Å². The maximum absolute atomic E-state index is 12.2. The highest BCUT2D eigenvalue weighted by molar-refractivity contribution is 9.10. The monoisotopic (exact) mass is 368 g/mol. The van der Waals surface area contributed by atoms with Crippen LogP contribution in [-0.2, 0) is 0 Å². The van der Waals surface area contributed by atoms with Crippen LogP contribution in [0.5, 0.6) is 0 Å². The fraction of sp³-hybridized carbons (Fsp3) is 0. The van der Waals surface area contributed by atoms with Crippen LogP contribution in [0.15, 0.2) is 77.3 Å². The Morgan fingerprint density at radius 3 is 2.36 bits per heavy atom. The molecule has 3 aromatic rings. The molecular weight excluding hydrogens is 356 g/mol. The molecule has 1 aromatic heterocycles. The number of benzene rings is 2. The molecule has 0 bridgehead atoms. The summed E-state index contributed by atoms with van der Waals surface area (Å²) in [4.78, 5) is 14.1. The molecule has 0 N–H and O–H groups in total. The molecule has 0 aliphatic rings. The Bertz CT molecular complexity index is 801. The van der Waals surface area contributed by atoms with Crippen LogP contribution >= 0.6 is 27.3 Å². The molecule has 0 amide bonds. The maximum Gasteiger partial charge on any atom is 0.195 e. The second-order valence-electron chi connectivity index (χ2n) is 4.78. The van der Waals surface area contributed by atoms with E-state index in [0.717, 1.165) is 25.4 Å². The fourth-order valence-corrected chi connectivity index (χ4v) is 3.25. The minimum absolute atomic E-state index is 0.0391. The number of carbonyl (C=O) groups excluding carboxylic acids is 1. The van der Waals surface area contributed by atoms with E-state index in [2.05, 4.69) is 15.9 Å². The van der Waals surface area contributed by atoms with Crippen LogP contribution in [0, 0.1) is 0 Å². The van der Waals surface area contributed by atoms with E-state index in [-0.39, 0.29) is 5.78 Å². The Kier molecular flexibility index (Phi) is 4.66. The zero-order valence-electron chi connectivity index (χ0n) is 11.7. The molecule has 0 aliphatic carbocycles. The fourth-order valence-electron chi connectivity index (χ4n) is 2.06. The number of rotatable bonds is 4. The number of thiophene rings is 1. The Morgan fingerprint density at radius 1 is 0.909 bits per heavy atom. The van der Waals surface area contributed by atoms with Crippen LogP contribution in [0.1, 0.15) is 15.2 Å². The summed E-state index contributed by atoms with van der Waals surface area (Å²) >= 11 is 4.95. The highest BCUT2D eigenvalue weighted by atomic mass is 79.9. The van der Waals surface area contributed by atoms with Crippen molar-refractivity contribution >= 4 is 39.1 Å². The summed E-state index contributed by atoms with van der Waals surface area (Å²) in [6, 6.07) is 21.8. The minimum Gasteiger partial charge on any atom is -0.288 e. The van der Waals surface area contributed by atoms with Crippen molar-refractivity contribution in [3.05, 3.63) is 87.7 Å². The van der Waals surface area contributed by atoms with Gasteiger partial charge < -0.3 is 0 Å². The van der Waals surface area contributed by atoms with E-state index < -0.39 is 0 Å². The molecule has 0 unspecified atom stereocenters. The number of hydrogen-bond acceptors (Lipinski definition) is 2. The van der Waals surface area contributed by atoms with E-state index >= 15 is 0 Å². The third-order valence-electron chi connectivity index (χ3n) is 3.20. The van der Waals surface area contributed by atoms with Crippen LogP contribution in [0.2, 0.25) is 0 Å². The standard InChI is InChI=1S/C19H13BrOS/c20-16-9-7-15(8-10-16)18-12-13-19(22-18)17(21)11-6-14-4-2-1-3-5-14/h1-13H. The van der Waals surface area contributed by atoms with Crippen molar-refractivity contribution < 1.29 is 4.79 Å². The van der Waals surface area contributed by atoms with Crippen LogP contribution < -0.4 is 0 Å². The molecule has 0 saturated heterocycles. The number of halogens is 1. The van der Waals surface area contributed by atoms with Gasteiger partial charge in [-0.05, 0) is 41.5 Å². The smallest absolute Gasteiger partial charge is 0.195 e. The van der Waals surface area contributed by atoms with Crippen LogP contribution in [0.3, 0.4) is 0 Å². The lowest BCUT2D eigenvalue weighted by molar-refractivity contribution is 0.105. The summed E-state index contributed by atoms with van der Waals surface area (Å²) in [5, 5.41) is 0. The Balaban J connectivity index is 1.77. The van der Waals surface area contributed by atoms with Crippen molar-refractivity contribution in [3.63, 3.8) is 0 Å². The van der Waals surface area contributed by atoms with Gasteiger partial charge in [0.2, 0.25) is 0 Å². The van der Waals surface area contributed by atoms with Crippen molar-refractivity contribution in [1.29, 1.82) is 0 Å². The highest BCUT2D eigenvalue weighted by Crippen LogP contribution is 2.29. The van der Waals surface area contributed by atoms with Crippen molar-refractivity contribution in [2.24, 2.45) is 0 Å². The van der Waals surface area contributed by atoms with E-state index in [1.807, 2.05) is 72.8 Å². The lowest BCUT2D eigenvalue weighted by Gasteiger charge is -1.96. The first-order chi connectivity index (χ1) is 10.7. The number of hydrogen-bond donors (Lipinski definition) is 0. The Hall–Kier alpha value is -1.97. The molecule has 3 heteroatoms. The molecule has 1 heterocycles.